The van der Waals surface area contributed by atoms with Gasteiger partial charge in [-0.05, 0) is 32.8 Å². The maximum absolute atomic E-state index is 12.5. The molecule has 0 spiro atoms. The maximum Gasteiger partial charge on any atom is 0.408 e. The molecule has 0 saturated carbocycles. The van der Waals surface area contributed by atoms with Crippen LogP contribution in [0.2, 0.25) is 0 Å². The van der Waals surface area contributed by atoms with Gasteiger partial charge in [0, 0.05) is 19.5 Å². The van der Waals surface area contributed by atoms with Crippen LogP contribution in [-0.2, 0) is 16.0 Å². The van der Waals surface area contributed by atoms with Crippen molar-refractivity contribution in [3.05, 3.63) is 35.9 Å². The Balaban J connectivity index is 2.04. The van der Waals surface area contributed by atoms with Crippen LogP contribution in [0, 0.1) is 0 Å². The van der Waals surface area contributed by atoms with Crippen molar-refractivity contribution in [2.24, 2.45) is 0 Å². The number of carbonyl (C=O) groups excluding carboxylic acids is 2. The van der Waals surface area contributed by atoms with Gasteiger partial charge in [-0.2, -0.15) is 0 Å². The van der Waals surface area contributed by atoms with E-state index in [4.69, 9.17) is 4.74 Å². The van der Waals surface area contributed by atoms with E-state index in [1.165, 1.54) is 0 Å². The van der Waals surface area contributed by atoms with Crippen LogP contribution in [0.4, 0.5) is 4.79 Å². The van der Waals surface area contributed by atoms with Crippen molar-refractivity contribution in [2.75, 3.05) is 13.1 Å². The predicted molar refractivity (Wildman–Crippen MR) is 84.5 cm³/mol. The number of hydrogen-bond donors (Lipinski definition) is 1. The third-order valence-corrected chi connectivity index (χ3v) is 3.44. The summed E-state index contributed by atoms with van der Waals surface area (Å²) in [5, 5.41) is 2.72. The Morgan fingerprint density at radius 1 is 1.23 bits per heavy atom. The molecule has 2 amide bonds. The van der Waals surface area contributed by atoms with Gasteiger partial charge in [0.25, 0.3) is 0 Å². The number of alkyl carbamates (subject to hydrolysis) is 1. The Kier molecular flexibility index (Phi) is 5.06. The van der Waals surface area contributed by atoms with Gasteiger partial charge < -0.3 is 15.0 Å². The first-order valence-corrected chi connectivity index (χ1v) is 7.67. The molecular formula is C17H24N2O3. The summed E-state index contributed by atoms with van der Waals surface area (Å²) in [5.74, 6) is -0.0408. The van der Waals surface area contributed by atoms with Crippen molar-refractivity contribution < 1.29 is 14.3 Å². The van der Waals surface area contributed by atoms with Crippen molar-refractivity contribution in [1.82, 2.24) is 10.2 Å². The van der Waals surface area contributed by atoms with Gasteiger partial charge in [-0.25, -0.2) is 4.79 Å². The summed E-state index contributed by atoms with van der Waals surface area (Å²) in [7, 11) is 0. The molecule has 5 nitrogen and oxygen atoms in total. The van der Waals surface area contributed by atoms with E-state index in [1.54, 1.807) is 25.7 Å². The molecule has 1 aliphatic heterocycles. The predicted octanol–water partition coefficient (Wildman–Crippen LogP) is 2.35. The molecule has 22 heavy (non-hydrogen) atoms. The Labute approximate surface area is 131 Å². The van der Waals surface area contributed by atoms with E-state index < -0.39 is 17.7 Å². The Morgan fingerprint density at radius 2 is 1.86 bits per heavy atom. The van der Waals surface area contributed by atoms with Crippen LogP contribution in [0.1, 0.15) is 32.8 Å². The van der Waals surface area contributed by atoms with Gasteiger partial charge in [-0.1, -0.05) is 30.3 Å². The van der Waals surface area contributed by atoms with Gasteiger partial charge in [-0.15, -0.1) is 0 Å². The molecule has 1 fully saturated rings. The van der Waals surface area contributed by atoms with E-state index in [2.05, 4.69) is 5.32 Å². The molecule has 1 atom stereocenters. The van der Waals surface area contributed by atoms with Crippen molar-refractivity contribution in [3.8, 4) is 0 Å². The summed E-state index contributed by atoms with van der Waals surface area (Å²) in [6, 6.07) is 9.09. The number of hydrogen-bond acceptors (Lipinski definition) is 3. The molecule has 1 N–H and O–H groups in total. The first-order valence-electron chi connectivity index (χ1n) is 7.67. The van der Waals surface area contributed by atoms with Gasteiger partial charge in [0.1, 0.15) is 11.6 Å². The minimum atomic E-state index is -0.586. The third-order valence-electron chi connectivity index (χ3n) is 3.44. The lowest BCUT2D eigenvalue weighted by atomic mass is 10.0. The number of nitrogens with zero attached hydrogens (tertiary/aromatic N) is 1. The average Bonchev–Trinajstić information content (AvgIpc) is 2.34. The molecule has 0 bridgehead atoms. The minimum absolute atomic E-state index is 0.0408. The van der Waals surface area contributed by atoms with Crippen LogP contribution in [0.15, 0.2) is 30.3 Å². The average molecular weight is 304 g/mol. The highest BCUT2D eigenvalue weighted by Crippen LogP contribution is 2.13. The number of rotatable bonds is 4. The highest BCUT2D eigenvalue weighted by Gasteiger charge is 2.30. The summed E-state index contributed by atoms with van der Waals surface area (Å²) < 4.78 is 5.27. The molecule has 1 heterocycles. The maximum atomic E-state index is 12.5. The van der Waals surface area contributed by atoms with Crippen LogP contribution in [-0.4, -0.2) is 41.6 Å². The van der Waals surface area contributed by atoms with Crippen molar-refractivity contribution in [3.63, 3.8) is 0 Å². The first-order chi connectivity index (χ1) is 10.3. The fourth-order valence-corrected chi connectivity index (χ4v) is 2.26. The highest BCUT2D eigenvalue weighted by molar-refractivity contribution is 5.86. The zero-order chi connectivity index (χ0) is 16.2. The molecule has 5 heteroatoms. The van der Waals surface area contributed by atoms with Gasteiger partial charge in [0.15, 0.2) is 0 Å². The zero-order valence-electron chi connectivity index (χ0n) is 13.5. The first kappa shape index (κ1) is 16.3. The van der Waals surface area contributed by atoms with E-state index in [0.29, 0.717) is 6.42 Å². The minimum Gasteiger partial charge on any atom is -0.444 e. The smallest absolute Gasteiger partial charge is 0.408 e. The van der Waals surface area contributed by atoms with Gasteiger partial charge in [0.2, 0.25) is 5.91 Å². The summed E-state index contributed by atoms with van der Waals surface area (Å²) >= 11 is 0. The van der Waals surface area contributed by atoms with Gasteiger partial charge in [-0.3, -0.25) is 4.79 Å². The molecule has 1 saturated heterocycles. The Morgan fingerprint density at radius 3 is 2.36 bits per heavy atom. The van der Waals surface area contributed by atoms with Crippen LogP contribution in [0.5, 0.6) is 0 Å². The number of benzene rings is 1. The molecule has 0 unspecified atom stereocenters. The quantitative estimate of drug-likeness (QED) is 0.929. The van der Waals surface area contributed by atoms with Gasteiger partial charge in [0.05, 0.1) is 0 Å². The fourth-order valence-electron chi connectivity index (χ4n) is 2.26. The fraction of sp³-hybridized carbons (Fsp3) is 0.529. The summed E-state index contributed by atoms with van der Waals surface area (Å²) in [6.45, 7) is 6.93. The number of nitrogens with one attached hydrogen (secondary N) is 1. The lowest BCUT2D eigenvalue weighted by Crippen LogP contribution is -2.54. The molecule has 1 aliphatic rings. The Bertz CT molecular complexity index is 518. The number of amides is 2. The van der Waals surface area contributed by atoms with Gasteiger partial charge >= 0.3 is 6.09 Å². The van der Waals surface area contributed by atoms with Crippen molar-refractivity contribution in [2.45, 2.75) is 45.3 Å². The molecule has 1 aromatic carbocycles. The highest BCUT2D eigenvalue weighted by atomic mass is 16.6. The standard InChI is InChI=1S/C17H24N2O3/c1-17(2,3)22-16(21)18-14(15(20)19-10-7-11-19)12-13-8-5-4-6-9-13/h4-6,8-9,14H,7,10-12H2,1-3H3,(H,18,21)/t14-/m0/s1. The molecule has 1 aromatic rings. The van der Waals surface area contributed by atoms with Crippen molar-refractivity contribution >= 4 is 12.0 Å². The van der Waals surface area contributed by atoms with E-state index in [-0.39, 0.29) is 5.91 Å². The second kappa shape index (κ2) is 6.81. The van der Waals surface area contributed by atoms with E-state index in [0.717, 1.165) is 25.1 Å². The molecule has 0 radical (unpaired) electrons. The zero-order valence-corrected chi connectivity index (χ0v) is 13.5. The lowest BCUT2D eigenvalue weighted by Gasteiger charge is -2.34. The molecular weight excluding hydrogens is 280 g/mol. The van der Waals surface area contributed by atoms with Crippen molar-refractivity contribution in [1.29, 1.82) is 0 Å². The summed E-state index contributed by atoms with van der Waals surface area (Å²) in [4.78, 5) is 26.2. The van der Waals surface area contributed by atoms with E-state index in [9.17, 15) is 9.59 Å². The monoisotopic (exact) mass is 304 g/mol. The number of likely N-dealkylation sites (tertiary alicyclic amines) is 1. The largest absolute Gasteiger partial charge is 0.444 e. The second-order valence-electron chi connectivity index (χ2n) is 6.57. The summed E-state index contributed by atoms with van der Waals surface area (Å²) in [6.07, 6.45) is 0.938. The van der Waals surface area contributed by atoms with E-state index in [1.807, 2.05) is 30.3 Å². The van der Waals surface area contributed by atoms with E-state index >= 15 is 0 Å². The molecule has 0 aromatic heterocycles. The number of ether oxygens (including phenoxy) is 1. The second-order valence-corrected chi connectivity index (χ2v) is 6.57. The molecule has 120 valence electrons. The molecule has 2 rings (SSSR count). The normalized spacial score (nSPS) is 15.7. The van der Waals surface area contributed by atoms with Crippen LogP contribution >= 0.6 is 0 Å². The molecule has 0 aliphatic carbocycles. The third kappa shape index (κ3) is 4.76. The topological polar surface area (TPSA) is 58.6 Å². The summed E-state index contributed by atoms with van der Waals surface area (Å²) in [5.41, 5.74) is 0.429. The lowest BCUT2D eigenvalue weighted by molar-refractivity contribution is -0.136. The Hall–Kier alpha value is -2.04. The van der Waals surface area contributed by atoms with Crippen LogP contribution in [0.3, 0.4) is 0 Å². The van der Waals surface area contributed by atoms with Crippen LogP contribution < -0.4 is 5.32 Å². The van der Waals surface area contributed by atoms with Crippen LogP contribution in [0.25, 0.3) is 0 Å². The number of carbonyl (C=O) groups is 2. The SMILES string of the molecule is CC(C)(C)OC(=O)N[C@@H](Cc1ccccc1)C(=O)N1CCC1.